The van der Waals surface area contributed by atoms with Gasteiger partial charge in [-0.15, -0.1) is 11.8 Å². The summed E-state index contributed by atoms with van der Waals surface area (Å²) >= 11 is 1.82. The fraction of sp³-hybridized carbons (Fsp3) is 0.556. The van der Waals surface area contributed by atoms with Crippen LogP contribution in [0.2, 0.25) is 0 Å². The van der Waals surface area contributed by atoms with E-state index in [9.17, 15) is 9.59 Å². The first-order valence-electron chi connectivity index (χ1n) is 8.34. The Morgan fingerprint density at radius 3 is 2.61 bits per heavy atom. The Hall–Kier alpha value is -1.49. The second kappa shape index (κ2) is 6.95. The number of carboxylic acid groups (broad SMARTS) is 1. The quantitative estimate of drug-likeness (QED) is 0.915. The van der Waals surface area contributed by atoms with Gasteiger partial charge in [-0.2, -0.15) is 0 Å². The number of carbonyl (C=O) groups is 2. The van der Waals surface area contributed by atoms with Gasteiger partial charge in [0.1, 0.15) is 0 Å². The Morgan fingerprint density at radius 1 is 1.22 bits per heavy atom. The van der Waals surface area contributed by atoms with Crippen molar-refractivity contribution in [3.05, 3.63) is 29.3 Å². The van der Waals surface area contributed by atoms with E-state index in [1.54, 1.807) is 4.90 Å². The number of benzene rings is 1. The Labute approximate surface area is 141 Å². The minimum Gasteiger partial charge on any atom is -0.481 e. The van der Waals surface area contributed by atoms with Gasteiger partial charge in [-0.25, -0.2) is 0 Å². The molecule has 1 amide bonds. The average Bonchev–Trinajstić information content (AvgIpc) is 3.19. The van der Waals surface area contributed by atoms with Crippen molar-refractivity contribution in [3.63, 3.8) is 0 Å². The zero-order valence-electron chi connectivity index (χ0n) is 13.5. The highest BCUT2D eigenvalue weighted by Gasteiger charge is 2.32. The maximum Gasteiger partial charge on any atom is 0.308 e. The molecule has 2 aliphatic rings. The van der Waals surface area contributed by atoms with Gasteiger partial charge in [-0.1, -0.05) is 24.5 Å². The van der Waals surface area contributed by atoms with Gasteiger partial charge in [-0.3, -0.25) is 9.59 Å². The molecule has 5 heteroatoms. The average molecular weight is 333 g/mol. The van der Waals surface area contributed by atoms with Gasteiger partial charge >= 0.3 is 5.97 Å². The fourth-order valence-corrected chi connectivity index (χ4v) is 4.76. The molecule has 124 valence electrons. The predicted molar refractivity (Wildman–Crippen MR) is 90.9 cm³/mol. The molecule has 1 heterocycles. The molecule has 0 radical (unpaired) electrons. The molecule has 1 saturated heterocycles. The number of thioether (sulfide) groups is 1. The topological polar surface area (TPSA) is 57.6 Å². The Balaban J connectivity index is 1.78. The van der Waals surface area contributed by atoms with E-state index in [0.717, 1.165) is 16.0 Å². The summed E-state index contributed by atoms with van der Waals surface area (Å²) in [6.45, 7) is 2.86. The minimum atomic E-state index is -0.801. The highest BCUT2D eigenvalue weighted by Crippen LogP contribution is 2.37. The van der Waals surface area contributed by atoms with E-state index in [0.29, 0.717) is 24.8 Å². The van der Waals surface area contributed by atoms with Gasteiger partial charge in [-0.05, 0) is 38.3 Å². The van der Waals surface area contributed by atoms with E-state index < -0.39 is 11.9 Å². The van der Waals surface area contributed by atoms with Crippen molar-refractivity contribution in [1.82, 2.24) is 4.90 Å². The molecule has 1 aromatic carbocycles. The number of carboxylic acids is 1. The van der Waals surface area contributed by atoms with Gasteiger partial charge in [0.2, 0.25) is 0 Å². The van der Waals surface area contributed by atoms with E-state index in [1.807, 2.05) is 24.8 Å². The van der Waals surface area contributed by atoms with Gasteiger partial charge in [0, 0.05) is 23.2 Å². The molecule has 0 spiro atoms. The van der Waals surface area contributed by atoms with Crippen LogP contribution in [0.1, 0.15) is 48.0 Å². The Morgan fingerprint density at radius 2 is 1.96 bits per heavy atom. The monoisotopic (exact) mass is 333 g/mol. The number of likely N-dealkylation sites (tertiary alicyclic amines) is 1. The van der Waals surface area contributed by atoms with Crippen molar-refractivity contribution >= 4 is 23.6 Å². The Bertz CT molecular complexity index is 610. The molecule has 23 heavy (non-hydrogen) atoms. The Kier molecular flexibility index (Phi) is 4.95. The number of amides is 1. The maximum absolute atomic E-state index is 12.9. The first-order valence-corrected chi connectivity index (χ1v) is 9.22. The lowest BCUT2D eigenvalue weighted by molar-refractivity contribution is -0.141. The number of aliphatic carboxylic acids is 1. The van der Waals surface area contributed by atoms with Crippen LogP contribution in [0.3, 0.4) is 0 Å². The van der Waals surface area contributed by atoms with Gasteiger partial charge in [0.25, 0.3) is 5.91 Å². The highest BCUT2D eigenvalue weighted by atomic mass is 32.2. The molecule has 1 aliphatic carbocycles. The molecular formula is C18H23NO3S. The molecule has 1 saturated carbocycles. The van der Waals surface area contributed by atoms with Crippen LogP contribution in [0, 0.1) is 12.8 Å². The van der Waals surface area contributed by atoms with Crippen LogP contribution in [0.25, 0.3) is 0 Å². The summed E-state index contributed by atoms with van der Waals surface area (Å²) in [6.07, 6.45) is 5.55. The number of carbonyl (C=O) groups excluding carboxylic acids is 1. The highest BCUT2D eigenvalue weighted by molar-refractivity contribution is 8.00. The molecule has 4 nitrogen and oxygen atoms in total. The predicted octanol–water partition coefficient (Wildman–Crippen LogP) is 3.58. The van der Waals surface area contributed by atoms with Gasteiger partial charge in [0.15, 0.2) is 0 Å². The fourth-order valence-electron chi connectivity index (χ4n) is 3.42. The molecule has 1 aromatic rings. The molecule has 1 aliphatic heterocycles. The summed E-state index contributed by atoms with van der Waals surface area (Å²) in [4.78, 5) is 26.7. The second-order valence-corrected chi connectivity index (χ2v) is 7.94. The number of rotatable bonds is 4. The van der Waals surface area contributed by atoms with Crippen LogP contribution >= 0.6 is 11.8 Å². The molecule has 1 atom stereocenters. The second-order valence-electron chi connectivity index (χ2n) is 6.60. The first kappa shape index (κ1) is 16.4. The normalized spacial score (nSPS) is 21.8. The molecule has 3 rings (SSSR count). The lowest BCUT2D eigenvalue weighted by Gasteiger charge is -2.19. The van der Waals surface area contributed by atoms with Crippen molar-refractivity contribution in [2.75, 3.05) is 13.1 Å². The van der Waals surface area contributed by atoms with Crippen molar-refractivity contribution in [3.8, 4) is 0 Å². The first-order chi connectivity index (χ1) is 11.0. The summed E-state index contributed by atoms with van der Waals surface area (Å²) in [5.74, 6) is -1.24. The van der Waals surface area contributed by atoms with Gasteiger partial charge < -0.3 is 10.0 Å². The van der Waals surface area contributed by atoms with Crippen LogP contribution in [0.4, 0.5) is 0 Å². The third kappa shape index (κ3) is 3.71. The zero-order valence-corrected chi connectivity index (χ0v) is 14.3. The minimum absolute atomic E-state index is 0.0158. The lowest BCUT2D eigenvalue weighted by atomic mass is 10.1. The third-order valence-corrected chi connectivity index (χ3v) is 6.20. The molecule has 1 unspecified atom stereocenters. The largest absolute Gasteiger partial charge is 0.481 e. The van der Waals surface area contributed by atoms with E-state index in [1.165, 1.54) is 25.7 Å². The van der Waals surface area contributed by atoms with E-state index in [2.05, 4.69) is 12.1 Å². The number of hydrogen-bond donors (Lipinski definition) is 1. The van der Waals surface area contributed by atoms with Crippen LogP contribution < -0.4 is 0 Å². The smallest absolute Gasteiger partial charge is 0.308 e. The summed E-state index contributed by atoms with van der Waals surface area (Å²) in [7, 11) is 0. The number of aryl methyl sites for hydroxylation is 1. The molecule has 0 bridgehead atoms. The number of hydrogen-bond acceptors (Lipinski definition) is 3. The summed E-state index contributed by atoms with van der Waals surface area (Å²) in [5.41, 5.74) is 1.81. The molecule has 2 fully saturated rings. The lowest BCUT2D eigenvalue weighted by Crippen LogP contribution is -2.30. The molecule has 0 aromatic heterocycles. The molecular weight excluding hydrogens is 310 g/mol. The van der Waals surface area contributed by atoms with Crippen molar-refractivity contribution < 1.29 is 14.7 Å². The number of nitrogens with zero attached hydrogens (tertiary/aromatic N) is 1. The van der Waals surface area contributed by atoms with E-state index in [4.69, 9.17) is 5.11 Å². The van der Waals surface area contributed by atoms with E-state index in [-0.39, 0.29) is 5.91 Å². The summed E-state index contributed by atoms with van der Waals surface area (Å²) in [6, 6.07) is 6.06. The van der Waals surface area contributed by atoms with Crippen molar-refractivity contribution in [2.24, 2.45) is 5.92 Å². The molecule has 1 N–H and O–H groups in total. The van der Waals surface area contributed by atoms with E-state index >= 15 is 0 Å². The van der Waals surface area contributed by atoms with Gasteiger partial charge in [0.05, 0.1) is 11.5 Å². The zero-order chi connectivity index (χ0) is 16.4. The van der Waals surface area contributed by atoms with Crippen molar-refractivity contribution in [2.45, 2.75) is 49.2 Å². The van der Waals surface area contributed by atoms with Crippen LogP contribution in [-0.2, 0) is 4.79 Å². The van der Waals surface area contributed by atoms with Crippen LogP contribution in [0.5, 0.6) is 0 Å². The van der Waals surface area contributed by atoms with Crippen molar-refractivity contribution in [1.29, 1.82) is 0 Å². The SMILES string of the molecule is Cc1ccc(SC2CCCC2)c(C(=O)N2CCC(C(=O)O)C2)c1. The summed E-state index contributed by atoms with van der Waals surface area (Å²) in [5, 5.41) is 9.74. The maximum atomic E-state index is 12.9. The van der Waals surface area contributed by atoms with Crippen LogP contribution in [-0.4, -0.2) is 40.2 Å². The third-order valence-electron chi connectivity index (χ3n) is 4.79. The summed E-state index contributed by atoms with van der Waals surface area (Å²) < 4.78 is 0. The standard InChI is InChI=1S/C18H23NO3S/c1-12-6-7-16(23-14-4-2-3-5-14)15(10-12)17(20)19-9-8-13(11-19)18(21)22/h6-7,10,13-14H,2-5,8-9,11H2,1H3,(H,21,22). The van der Waals surface area contributed by atoms with Crippen LogP contribution in [0.15, 0.2) is 23.1 Å².